The normalized spacial score (nSPS) is 16.6. The van der Waals surface area contributed by atoms with E-state index in [9.17, 15) is 4.79 Å². The van der Waals surface area contributed by atoms with Crippen molar-refractivity contribution in [3.05, 3.63) is 29.8 Å². The zero-order valence-corrected chi connectivity index (χ0v) is 11.1. The lowest BCUT2D eigenvalue weighted by Gasteiger charge is -2.40. The minimum absolute atomic E-state index is 0.305. The Morgan fingerprint density at radius 3 is 2.44 bits per heavy atom. The number of hydrogen-bond acceptors (Lipinski definition) is 3. The van der Waals surface area contributed by atoms with Crippen molar-refractivity contribution in [2.24, 2.45) is 4.99 Å². The summed E-state index contributed by atoms with van der Waals surface area (Å²) >= 11 is 0. The lowest BCUT2D eigenvalue weighted by atomic mass is 9.71. The second-order valence-electron chi connectivity index (χ2n) is 4.78. The third kappa shape index (κ3) is 2.06. The number of carbonyl (C=O) groups excluding carboxylic acids is 1. The van der Waals surface area contributed by atoms with Gasteiger partial charge >= 0.3 is 0 Å². The molecular weight excluding hydrogens is 224 g/mol. The van der Waals surface area contributed by atoms with Gasteiger partial charge in [-0.25, -0.2) is 4.79 Å². The maximum absolute atomic E-state index is 10.7. The van der Waals surface area contributed by atoms with E-state index in [0.29, 0.717) is 0 Å². The summed E-state index contributed by atoms with van der Waals surface area (Å²) in [7, 11) is 0. The summed E-state index contributed by atoms with van der Waals surface area (Å²) in [5, 5.41) is 0. The molecule has 3 nitrogen and oxygen atoms in total. The molecule has 0 bridgehead atoms. The Hall–Kier alpha value is -1.60. The van der Waals surface area contributed by atoms with Gasteiger partial charge in [0.2, 0.25) is 6.08 Å². The number of benzene rings is 1. The number of isocyanates is 1. The Bertz CT molecular complexity index is 455. The third-order valence-electron chi connectivity index (χ3n) is 3.95. The fraction of sp³-hybridized carbons (Fsp3) is 0.533. The molecule has 1 fully saturated rings. The van der Waals surface area contributed by atoms with E-state index in [-0.39, 0.29) is 5.54 Å². The molecule has 0 amide bonds. The number of rotatable bonds is 5. The summed E-state index contributed by atoms with van der Waals surface area (Å²) in [6.07, 6.45) is 4.82. The summed E-state index contributed by atoms with van der Waals surface area (Å²) in [6, 6.07) is 8.31. The van der Waals surface area contributed by atoms with E-state index in [1.165, 1.54) is 11.3 Å². The molecule has 1 aliphatic carbocycles. The number of nitrogens with zero attached hydrogens (tertiary/aromatic N) is 2. The Morgan fingerprint density at radius 1 is 1.28 bits per heavy atom. The number of aliphatic imine (C=N–C) groups is 1. The van der Waals surface area contributed by atoms with Crippen molar-refractivity contribution >= 4 is 11.8 Å². The molecule has 18 heavy (non-hydrogen) atoms. The molecule has 1 aromatic rings. The zero-order valence-electron chi connectivity index (χ0n) is 11.1. The smallest absolute Gasteiger partial charge is 0.235 e. The maximum atomic E-state index is 10.7. The maximum Gasteiger partial charge on any atom is 0.235 e. The topological polar surface area (TPSA) is 32.7 Å². The molecule has 0 spiro atoms. The minimum atomic E-state index is -0.305. The third-order valence-corrected chi connectivity index (χ3v) is 3.95. The molecule has 0 radical (unpaired) electrons. The first-order valence-electron chi connectivity index (χ1n) is 6.71. The van der Waals surface area contributed by atoms with E-state index in [1.54, 1.807) is 6.08 Å². The molecule has 0 aromatic heterocycles. The van der Waals surface area contributed by atoms with Gasteiger partial charge in [-0.15, -0.1) is 0 Å². The highest BCUT2D eigenvalue weighted by molar-refractivity contribution is 5.58. The van der Waals surface area contributed by atoms with Gasteiger partial charge in [-0.05, 0) is 39.2 Å². The Balaban J connectivity index is 2.47. The first kappa shape index (κ1) is 12.8. The highest BCUT2D eigenvalue weighted by atomic mass is 16.1. The van der Waals surface area contributed by atoms with Gasteiger partial charge < -0.3 is 4.90 Å². The summed E-state index contributed by atoms with van der Waals surface area (Å²) in [4.78, 5) is 17.1. The van der Waals surface area contributed by atoms with Gasteiger partial charge in [-0.3, -0.25) is 0 Å². The van der Waals surface area contributed by atoms with Crippen LogP contribution in [0.3, 0.4) is 0 Å². The molecule has 1 aromatic carbocycles. The Labute approximate surface area is 109 Å². The molecule has 0 heterocycles. The average molecular weight is 244 g/mol. The fourth-order valence-electron chi connectivity index (χ4n) is 2.75. The molecule has 0 aliphatic heterocycles. The van der Waals surface area contributed by atoms with Gasteiger partial charge in [0.15, 0.2) is 0 Å². The van der Waals surface area contributed by atoms with E-state index in [1.807, 2.05) is 12.1 Å². The van der Waals surface area contributed by atoms with Gasteiger partial charge in [-0.2, -0.15) is 4.99 Å². The molecule has 0 atom stereocenters. The lowest BCUT2D eigenvalue weighted by Crippen LogP contribution is -2.35. The SMILES string of the molecule is CCN(CC)c1ccccc1C1(N=C=O)CCC1. The molecule has 1 aliphatic rings. The first-order valence-corrected chi connectivity index (χ1v) is 6.71. The molecule has 1 saturated carbocycles. The van der Waals surface area contributed by atoms with Crippen LogP contribution in [-0.2, 0) is 10.3 Å². The molecule has 0 unspecified atom stereocenters. The Morgan fingerprint density at radius 2 is 1.94 bits per heavy atom. The molecule has 2 rings (SSSR count). The molecule has 0 saturated heterocycles. The number of para-hydroxylation sites is 1. The lowest BCUT2D eigenvalue weighted by molar-refractivity contribution is 0.256. The van der Waals surface area contributed by atoms with Gasteiger partial charge in [0.1, 0.15) is 5.54 Å². The predicted octanol–water partition coefficient (Wildman–Crippen LogP) is 3.25. The average Bonchev–Trinajstić information content (AvgIpc) is 2.36. The van der Waals surface area contributed by atoms with Crippen LogP contribution in [-0.4, -0.2) is 19.2 Å². The second-order valence-corrected chi connectivity index (χ2v) is 4.78. The Kier molecular flexibility index (Phi) is 3.83. The van der Waals surface area contributed by atoms with Crippen LogP contribution in [0.5, 0.6) is 0 Å². The van der Waals surface area contributed by atoms with Crippen LogP contribution in [0, 0.1) is 0 Å². The van der Waals surface area contributed by atoms with Crippen LogP contribution in [0.2, 0.25) is 0 Å². The molecule has 96 valence electrons. The van der Waals surface area contributed by atoms with E-state index >= 15 is 0 Å². The van der Waals surface area contributed by atoms with E-state index < -0.39 is 0 Å². The van der Waals surface area contributed by atoms with E-state index in [4.69, 9.17) is 0 Å². The van der Waals surface area contributed by atoms with E-state index in [0.717, 1.165) is 32.4 Å². The van der Waals surface area contributed by atoms with Crippen LogP contribution < -0.4 is 4.90 Å². The molecule has 0 N–H and O–H groups in total. The fourth-order valence-corrected chi connectivity index (χ4v) is 2.75. The number of hydrogen-bond donors (Lipinski definition) is 0. The summed E-state index contributed by atoms with van der Waals surface area (Å²) in [5.74, 6) is 0. The van der Waals surface area contributed by atoms with Crippen molar-refractivity contribution in [2.75, 3.05) is 18.0 Å². The standard InChI is InChI=1S/C15H20N2O/c1-3-17(4-2)14-9-6-5-8-13(14)15(16-12-18)10-7-11-15/h5-6,8-9H,3-4,7,10-11H2,1-2H3. The van der Waals surface area contributed by atoms with Crippen LogP contribution in [0.25, 0.3) is 0 Å². The second kappa shape index (κ2) is 5.36. The summed E-state index contributed by atoms with van der Waals surface area (Å²) in [6.45, 7) is 6.23. The van der Waals surface area contributed by atoms with Gasteiger partial charge in [0.25, 0.3) is 0 Å². The quantitative estimate of drug-likeness (QED) is 0.588. The van der Waals surface area contributed by atoms with Gasteiger partial charge in [-0.1, -0.05) is 18.2 Å². The van der Waals surface area contributed by atoms with Crippen LogP contribution >= 0.6 is 0 Å². The van der Waals surface area contributed by atoms with Gasteiger partial charge in [0, 0.05) is 24.3 Å². The van der Waals surface area contributed by atoms with Crippen LogP contribution in [0.15, 0.2) is 29.3 Å². The highest BCUT2D eigenvalue weighted by Gasteiger charge is 2.40. The minimum Gasteiger partial charge on any atom is -0.372 e. The van der Waals surface area contributed by atoms with Crippen molar-refractivity contribution < 1.29 is 4.79 Å². The number of anilines is 1. The monoisotopic (exact) mass is 244 g/mol. The summed E-state index contributed by atoms with van der Waals surface area (Å²) in [5.41, 5.74) is 2.09. The van der Waals surface area contributed by atoms with E-state index in [2.05, 4.69) is 35.9 Å². The molecule has 3 heteroatoms. The first-order chi connectivity index (χ1) is 8.77. The summed E-state index contributed by atoms with van der Waals surface area (Å²) < 4.78 is 0. The van der Waals surface area contributed by atoms with Crippen molar-refractivity contribution in [1.29, 1.82) is 0 Å². The van der Waals surface area contributed by atoms with Crippen LogP contribution in [0.4, 0.5) is 5.69 Å². The van der Waals surface area contributed by atoms with Gasteiger partial charge in [0.05, 0.1) is 0 Å². The van der Waals surface area contributed by atoms with Crippen molar-refractivity contribution in [3.63, 3.8) is 0 Å². The van der Waals surface area contributed by atoms with Crippen molar-refractivity contribution in [3.8, 4) is 0 Å². The van der Waals surface area contributed by atoms with Crippen LogP contribution in [0.1, 0.15) is 38.7 Å². The highest BCUT2D eigenvalue weighted by Crippen LogP contribution is 2.47. The largest absolute Gasteiger partial charge is 0.372 e. The molecular formula is C15H20N2O. The predicted molar refractivity (Wildman–Crippen MR) is 73.7 cm³/mol. The zero-order chi connectivity index (χ0) is 13.0. The van der Waals surface area contributed by atoms with Crippen molar-refractivity contribution in [2.45, 2.75) is 38.6 Å². The van der Waals surface area contributed by atoms with Crippen molar-refractivity contribution in [1.82, 2.24) is 0 Å².